The van der Waals surface area contributed by atoms with Crippen molar-refractivity contribution in [3.8, 4) is 5.75 Å². The highest BCUT2D eigenvalue weighted by Crippen LogP contribution is 2.11. The zero-order chi connectivity index (χ0) is 15.0. The molecule has 0 saturated heterocycles. The minimum atomic E-state index is -1.25. The van der Waals surface area contributed by atoms with Gasteiger partial charge in [0.15, 0.2) is 0 Å². The van der Waals surface area contributed by atoms with Gasteiger partial charge in [-0.2, -0.15) is 0 Å². The summed E-state index contributed by atoms with van der Waals surface area (Å²) in [6.07, 6.45) is 1.55. The number of methoxy groups -OCH3 is 1. The number of hydrogen-bond donors (Lipinski definition) is 3. The van der Waals surface area contributed by atoms with Gasteiger partial charge in [0, 0.05) is 12.2 Å². The Morgan fingerprint density at radius 3 is 2.35 bits per heavy atom. The first kappa shape index (κ1) is 15.2. The van der Waals surface area contributed by atoms with Crippen molar-refractivity contribution in [1.29, 1.82) is 0 Å². The number of amides is 2. The van der Waals surface area contributed by atoms with Crippen molar-refractivity contribution in [3.63, 3.8) is 0 Å². The van der Waals surface area contributed by atoms with E-state index in [9.17, 15) is 14.4 Å². The summed E-state index contributed by atoms with van der Waals surface area (Å²) < 4.78 is 4.99. The molecule has 2 amide bonds. The van der Waals surface area contributed by atoms with Crippen molar-refractivity contribution in [2.75, 3.05) is 7.11 Å². The predicted octanol–water partition coefficient (Wildman–Crippen LogP) is 0.0259. The fourth-order valence-electron chi connectivity index (χ4n) is 1.29. The topological polar surface area (TPSA) is 105 Å². The third-order valence-electron chi connectivity index (χ3n) is 2.23. The van der Waals surface area contributed by atoms with Gasteiger partial charge in [0.2, 0.25) is 5.91 Å². The zero-order valence-electron chi connectivity index (χ0n) is 10.8. The Bertz CT molecular complexity index is 522. The highest BCUT2D eigenvalue weighted by molar-refractivity contribution is 5.94. The lowest BCUT2D eigenvalue weighted by Crippen LogP contribution is -2.41. The number of benzene rings is 1. The molecule has 0 aliphatic heterocycles. The number of hydrazine groups is 1. The van der Waals surface area contributed by atoms with E-state index in [1.54, 1.807) is 31.4 Å². The van der Waals surface area contributed by atoms with Gasteiger partial charge in [-0.05, 0) is 17.7 Å². The molecule has 0 aliphatic carbocycles. The fraction of sp³-hybridized carbons (Fsp3) is 0.154. The van der Waals surface area contributed by atoms with Crippen LogP contribution in [0.15, 0.2) is 36.4 Å². The maximum absolute atomic E-state index is 11.5. The molecule has 0 saturated carbocycles. The van der Waals surface area contributed by atoms with Crippen LogP contribution in [0.1, 0.15) is 5.56 Å². The lowest BCUT2D eigenvalue weighted by molar-refractivity contribution is -0.131. The number of hydrogen-bond acceptors (Lipinski definition) is 4. The average molecular weight is 278 g/mol. The maximum Gasteiger partial charge on any atom is 0.328 e. The number of carboxylic acids is 1. The lowest BCUT2D eigenvalue weighted by atomic mass is 10.1. The highest BCUT2D eigenvalue weighted by atomic mass is 16.5. The molecular weight excluding hydrogens is 264 g/mol. The van der Waals surface area contributed by atoms with Gasteiger partial charge in [-0.25, -0.2) is 4.79 Å². The van der Waals surface area contributed by atoms with E-state index < -0.39 is 17.8 Å². The Kier molecular flexibility index (Phi) is 5.76. The van der Waals surface area contributed by atoms with Gasteiger partial charge in [-0.3, -0.25) is 20.4 Å². The van der Waals surface area contributed by atoms with Crippen molar-refractivity contribution in [3.05, 3.63) is 42.0 Å². The van der Waals surface area contributed by atoms with Crippen molar-refractivity contribution >= 4 is 17.8 Å². The number of ether oxygens (including phenoxy) is 1. The van der Waals surface area contributed by atoms with Gasteiger partial charge in [0.25, 0.3) is 5.91 Å². The van der Waals surface area contributed by atoms with Crippen LogP contribution in [0.4, 0.5) is 0 Å². The molecule has 0 bridgehead atoms. The molecule has 0 spiro atoms. The van der Waals surface area contributed by atoms with Crippen molar-refractivity contribution in [2.45, 2.75) is 6.42 Å². The quantitative estimate of drug-likeness (QED) is 0.520. The molecule has 106 valence electrons. The minimum absolute atomic E-state index is 0.0763. The van der Waals surface area contributed by atoms with Gasteiger partial charge < -0.3 is 9.84 Å². The van der Waals surface area contributed by atoms with Crippen LogP contribution in [0, 0.1) is 0 Å². The van der Waals surface area contributed by atoms with Crippen LogP contribution in [0.25, 0.3) is 0 Å². The van der Waals surface area contributed by atoms with Crippen LogP contribution in [0.2, 0.25) is 0 Å². The van der Waals surface area contributed by atoms with Gasteiger partial charge in [-0.15, -0.1) is 0 Å². The van der Waals surface area contributed by atoms with Crippen LogP contribution in [0.5, 0.6) is 5.75 Å². The van der Waals surface area contributed by atoms with Crippen LogP contribution in [-0.4, -0.2) is 30.0 Å². The Balaban J connectivity index is 2.39. The fourth-order valence-corrected chi connectivity index (χ4v) is 1.29. The van der Waals surface area contributed by atoms with Crippen LogP contribution in [-0.2, 0) is 20.8 Å². The van der Waals surface area contributed by atoms with E-state index in [1.807, 2.05) is 0 Å². The van der Waals surface area contributed by atoms with Crippen molar-refractivity contribution < 1.29 is 24.2 Å². The van der Waals surface area contributed by atoms with Gasteiger partial charge >= 0.3 is 5.97 Å². The summed E-state index contributed by atoms with van der Waals surface area (Å²) >= 11 is 0. The van der Waals surface area contributed by atoms with Gasteiger partial charge in [0.05, 0.1) is 13.5 Å². The molecule has 1 aromatic carbocycles. The predicted molar refractivity (Wildman–Crippen MR) is 69.8 cm³/mol. The van der Waals surface area contributed by atoms with Crippen LogP contribution in [0.3, 0.4) is 0 Å². The third kappa shape index (κ3) is 5.67. The molecule has 0 aliphatic rings. The number of nitrogens with one attached hydrogen (secondary N) is 2. The molecule has 3 N–H and O–H groups in total. The second-order valence-corrected chi connectivity index (χ2v) is 3.73. The molecule has 1 rings (SSSR count). The monoisotopic (exact) mass is 278 g/mol. The average Bonchev–Trinajstić information content (AvgIpc) is 2.43. The number of carboxylic acid groups (broad SMARTS) is 1. The van der Waals surface area contributed by atoms with Gasteiger partial charge in [-0.1, -0.05) is 12.1 Å². The molecule has 20 heavy (non-hydrogen) atoms. The SMILES string of the molecule is COc1ccc(CC(=O)NNC(=O)C=CC(=O)O)cc1. The molecule has 7 nitrogen and oxygen atoms in total. The van der Waals surface area contributed by atoms with E-state index in [0.29, 0.717) is 11.8 Å². The largest absolute Gasteiger partial charge is 0.497 e. The van der Waals surface area contributed by atoms with Crippen LogP contribution >= 0.6 is 0 Å². The van der Waals surface area contributed by atoms with E-state index in [-0.39, 0.29) is 6.42 Å². The van der Waals surface area contributed by atoms with E-state index in [0.717, 1.165) is 11.6 Å². The second kappa shape index (κ2) is 7.57. The molecule has 0 atom stereocenters. The first-order chi connectivity index (χ1) is 9.51. The summed E-state index contributed by atoms with van der Waals surface area (Å²) in [4.78, 5) is 32.8. The molecule has 0 heterocycles. The van der Waals surface area contributed by atoms with Crippen LogP contribution < -0.4 is 15.6 Å². The Morgan fingerprint density at radius 1 is 1.15 bits per heavy atom. The van der Waals surface area contributed by atoms with E-state index >= 15 is 0 Å². The number of rotatable bonds is 5. The molecular formula is C13H14N2O5. The zero-order valence-corrected chi connectivity index (χ0v) is 10.8. The number of carbonyl (C=O) groups excluding carboxylic acids is 2. The Labute approximate surface area is 115 Å². The Morgan fingerprint density at radius 2 is 1.80 bits per heavy atom. The Hall–Kier alpha value is -2.83. The number of aliphatic carboxylic acids is 1. The summed E-state index contributed by atoms with van der Waals surface area (Å²) in [7, 11) is 1.54. The molecule has 1 aromatic rings. The minimum Gasteiger partial charge on any atom is -0.497 e. The van der Waals surface area contributed by atoms with E-state index in [2.05, 4.69) is 10.9 Å². The van der Waals surface area contributed by atoms with Crippen molar-refractivity contribution in [1.82, 2.24) is 10.9 Å². The summed E-state index contributed by atoms with van der Waals surface area (Å²) in [5, 5.41) is 8.31. The molecule has 0 unspecified atom stereocenters. The number of carbonyl (C=O) groups is 3. The molecule has 0 aromatic heterocycles. The maximum atomic E-state index is 11.5. The van der Waals surface area contributed by atoms with Gasteiger partial charge in [0.1, 0.15) is 5.75 Å². The smallest absolute Gasteiger partial charge is 0.328 e. The lowest BCUT2D eigenvalue weighted by Gasteiger charge is -2.06. The summed E-state index contributed by atoms with van der Waals surface area (Å²) in [6, 6.07) is 6.89. The second-order valence-electron chi connectivity index (χ2n) is 3.73. The summed E-state index contributed by atoms with van der Waals surface area (Å²) in [5.74, 6) is -1.71. The molecule has 7 heteroatoms. The van der Waals surface area contributed by atoms with Crippen molar-refractivity contribution in [2.24, 2.45) is 0 Å². The van der Waals surface area contributed by atoms with E-state index in [4.69, 9.17) is 9.84 Å². The molecule has 0 radical (unpaired) electrons. The highest BCUT2D eigenvalue weighted by Gasteiger charge is 2.04. The summed E-state index contributed by atoms with van der Waals surface area (Å²) in [5.41, 5.74) is 4.99. The normalized spacial score (nSPS) is 10.1. The standard InChI is InChI=1S/C13H14N2O5/c1-20-10-4-2-9(3-5-10)8-12(17)15-14-11(16)6-7-13(18)19/h2-7H,8H2,1H3,(H,14,16)(H,15,17)(H,18,19). The first-order valence-corrected chi connectivity index (χ1v) is 5.64. The first-order valence-electron chi connectivity index (χ1n) is 5.64. The third-order valence-corrected chi connectivity index (χ3v) is 2.23. The summed E-state index contributed by atoms with van der Waals surface area (Å²) in [6.45, 7) is 0. The van der Waals surface area contributed by atoms with E-state index in [1.165, 1.54) is 0 Å². The molecule has 0 fully saturated rings.